The molecule has 1 aromatic heterocycles. The third kappa shape index (κ3) is 4.45. The van der Waals surface area contributed by atoms with Gasteiger partial charge in [-0.1, -0.05) is 48.5 Å². The number of nitrogens with zero attached hydrogens (tertiary/aromatic N) is 2. The molecule has 5 nitrogen and oxygen atoms in total. The first-order valence-electron chi connectivity index (χ1n) is 8.56. The van der Waals surface area contributed by atoms with E-state index in [4.69, 9.17) is 0 Å². The number of fused-ring (bicyclic) bond motifs is 1. The standard InChI is InChI=1S/C21H21N3O2/c1-16(25)24(15-17-7-3-2-4-8-17)14-12-20(26)23-19-11-5-9-18-10-6-13-22-21(18)19/h2-11,13H,12,14-15H2,1H3,(H,23,26). The molecule has 132 valence electrons. The minimum atomic E-state index is -0.137. The number of rotatable bonds is 6. The minimum absolute atomic E-state index is 0.0477. The Morgan fingerprint density at radius 2 is 1.77 bits per heavy atom. The van der Waals surface area contributed by atoms with Gasteiger partial charge in [-0.15, -0.1) is 0 Å². The van der Waals surface area contributed by atoms with Gasteiger partial charge in [-0.2, -0.15) is 0 Å². The molecule has 5 heteroatoms. The van der Waals surface area contributed by atoms with E-state index >= 15 is 0 Å². The molecule has 1 N–H and O–H groups in total. The number of anilines is 1. The van der Waals surface area contributed by atoms with Crippen molar-refractivity contribution >= 4 is 28.4 Å². The quantitative estimate of drug-likeness (QED) is 0.741. The molecule has 0 unspecified atom stereocenters. The van der Waals surface area contributed by atoms with E-state index in [1.165, 1.54) is 6.92 Å². The molecular formula is C21H21N3O2. The summed E-state index contributed by atoms with van der Waals surface area (Å²) in [6.07, 6.45) is 1.94. The van der Waals surface area contributed by atoms with Gasteiger partial charge < -0.3 is 10.2 Å². The van der Waals surface area contributed by atoms with Gasteiger partial charge >= 0.3 is 0 Å². The van der Waals surface area contributed by atoms with Gasteiger partial charge in [0.1, 0.15) is 0 Å². The first-order chi connectivity index (χ1) is 12.6. The molecule has 0 aliphatic rings. The lowest BCUT2D eigenvalue weighted by molar-refractivity contribution is -0.129. The maximum atomic E-state index is 12.4. The Balaban J connectivity index is 1.62. The summed E-state index contributed by atoms with van der Waals surface area (Å²) in [5, 5.41) is 3.88. The second-order valence-electron chi connectivity index (χ2n) is 6.11. The van der Waals surface area contributed by atoms with Gasteiger partial charge in [-0.3, -0.25) is 14.6 Å². The van der Waals surface area contributed by atoms with Crippen LogP contribution in [0.4, 0.5) is 5.69 Å². The van der Waals surface area contributed by atoms with E-state index < -0.39 is 0 Å². The smallest absolute Gasteiger partial charge is 0.226 e. The van der Waals surface area contributed by atoms with E-state index in [-0.39, 0.29) is 18.2 Å². The molecule has 3 rings (SSSR count). The molecule has 1 heterocycles. The van der Waals surface area contributed by atoms with Gasteiger partial charge in [0.05, 0.1) is 11.2 Å². The predicted molar refractivity (Wildman–Crippen MR) is 103 cm³/mol. The fourth-order valence-electron chi connectivity index (χ4n) is 2.81. The summed E-state index contributed by atoms with van der Waals surface area (Å²) < 4.78 is 0. The summed E-state index contributed by atoms with van der Waals surface area (Å²) in [5.41, 5.74) is 2.49. The molecule has 26 heavy (non-hydrogen) atoms. The zero-order chi connectivity index (χ0) is 18.4. The Bertz CT molecular complexity index is 904. The molecule has 0 saturated heterocycles. The van der Waals surface area contributed by atoms with Crippen LogP contribution in [0.25, 0.3) is 10.9 Å². The second-order valence-corrected chi connectivity index (χ2v) is 6.11. The van der Waals surface area contributed by atoms with Crippen LogP contribution in [0.1, 0.15) is 18.9 Å². The number of aromatic nitrogens is 1. The largest absolute Gasteiger partial charge is 0.338 e. The van der Waals surface area contributed by atoms with Crippen molar-refractivity contribution in [3.05, 3.63) is 72.4 Å². The number of hydrogen-bond acceptors (Lipinski definition) is 3. The van der Waals surface area contributed by atoms with Gasteiger partial charge in [0.25, 0.3) is 0 Å². The Hall–Kier alpha value is -3.21. The van der Waals surface area contributed by atoms with E-state index in [0.29, 0.717) is 18.8 Å². The maximum Gasteiger partial charge on any atom is 0.226 e. The van der Waals surface area contributed by atoms with Crippen molar-refractivity contribution in [1.82, 2.24) is 9.88 Å². The number of hydrogen-bond donors (Lipinski definition) is 1. The second kappa shape index (κ2) is 8.25. The summed E-state index contributed by atoms with van der Waals surface area (Å²) in [6, 6.07) is 19.2. The Labute approximate surface area is 152 Å². The number of carbonyl (C=O) groups excluding carboxylic acids is 2. The highest BCUT2D eigenvalue weighted by Crippen LogP contribution is 2.20. The van der Waals surface area contributed by atoms with E-state index in [2.05, 4.69) is 10.3 Å². The normalized spacial score (nSPS) is 10.5. The van der Waals surface area contributed by atoms with Crippen LogP contribution >= 0.6 is 0 Å². The lowest BCUT2D eigenvalue weighted by atomic mass is 10.2. The summed E-state index contributed by atoms with van der Waals surface area (Å²) in [7, 11) is 0. The molecule has 0 spiro atoms. The molecule has 0 aliphatic heterocycles. The van der Waals surface area contributed by atoms with Crippen LogP contribution in [0.5, 0.6) is 0 Å². The summed E-state index contributed by atoms with van der Waals surface area (Å²) >= 11 is 0. The third-order valence-electron chi connectivity index (χ3n) is 4.18. The van der Waals surface area contributed by atoms with Crippen LogP contribution in [-0.4, -0.2) is 28.2 Å². The first-order valence-corrected chi connectivity index (χ1v) is 8.56. The van der Waals surface area contributed by atoms with E-state index in [0.717, 1.165) is 16.5 Å². The fourth-order valence-corrected chi connectivity index (χ4v) is 2.81. The molecule has 3 aromatic rings. The van der Waals surface area contributed by atoms with Gasteiger partial charge in [-0.05, 0) is 17.7 Å². The zero-order valence-electron chi connectivity index (χ0n) is 14.7. The van der Waals surface area contributed by atoms with Crippen molar-refractivity contribution in [3.8, 4) is 0 Å². The van der Waals surface area contributed by atoms with Gasteiger partial charge in [-0.25, -0.2) is 0 Å². The average molecular weight is 347 g/mol. The highest BCUT2D eigenvalue weighted by Gasteiger charge is 2.13. The van der Waals surface area contributed by atoms with Crippen molar-refractivity contribution in [1.29, 1.82) is 0 Å². The number of carbonyl (C=O) groups is 2. The lowest BCUT2D eigenvalue weighted by Gasteiger charge is -2.21. The summed E-state index contributed by atoms with van der Waals surface area (Å²) in [4.78, 5) is 30.2. The highest BCUT2D eigenvalue weighted by molar-refractivity contribution is 6.00. The van der Waals surface area contributed by atoms with Gasteiger partial charge in [0.2, 0.25) is 11.8 Å². The van der Waals surface area contributed by atoms with Crippen LogP contribution in [0, 0.1) is 0 Å². The molecule has 0 atom stereocenters. The van der Waals surface area contributed by atoms with E-state index in [1.54, 1.807) is 11.1 Å². The lowest BCUT2D eigenvalue weighted by Crippen LogP contribution is -2.31. The van der Waals surface area contributed by atoms with E-state index in [9.17, 15) is 9.59 Å². The van der Waals surface area contributed by atoms with Gasteiger partial charge in [0.15, 0.2) is 0 Å². The van der Waals surface area contributed by atoms with Gasteiger partial charge in [0, 0.05) is 38.0 Å². The average Bonchev–Trinajstić information content (AvgIpc) is 2.66. The van der Waals surface area contributed by atoms with Crippen molar-refractivity contribution in [2.45, 2.75) is 19.9 Å². The zero-order valence-corrected chi connectivity index (χ0v) is 14.7. The van der Waals surface area contributed by atoms with Crippen LogP contribution in [-0.2, 0) is 16.1 Å². The molecule has 0 radical (unpaired) electrons. The molecule has 0 fully saturated rings. The van der Waals surface area contributed by atoms with Crippen molar-refractivity contribution in [2.24, 2.45) is 0 Å². The summed E-state index contributed by atoms with van der Waals surface area (Å²) in [5.74, 6) is -0.184. The van der Waals surface area contributed by atoms with E-state index in [1.807, 2.05) is 60.7 Å². The Morgan fingerprint density at radius 1 is 1.00 bits per heavy atom. The number of para-hydroxylation sites is 1. The van der Waals surface area contributed by atoms with Crippen LogP contribution in [0.3, 0.4) is 0 Å². The summed E-state index contributed by atoms with van der Waals surface area (Å²) in [6.45, 7) is 2.39. The number of pyridine rings is 1. The maximum absolute atomic E-state index is 12.4. The Morgan fingerprint density at radius 3 is 2.54 bits per heavy atom. The predicted octanol–water partition coefficient (Wildman–Crippen LogP) is 3.61. The number of amides is 2. The fraction of sp³-hybridized carbons (Fsp3) is 0.190. The number of nitrogens with one attached hydrogen (secondary N) is 1. The number of benzene rings is 2. The van der Waals surface area contributed by atoms with Crippen LogP contribution < -0.4 is 5.32 Å². The topological polar surface area (TPSA) is 62.3 Å². The SMILES string of the molecule is CC(=O)N(CCC(=O)Nc1cccc2cccnc12)Cc1ccccc1. The van der Waals surface area contributed by atoms with Crippen LogP contribution in [0.15, 0.2) is 66.9 Å². The highest BCUT2D eigenvalue weighted by atomic mass is 16.2. The molecule has 2 aromatic carbocycles. The first kappa shape index (κ1) is 17.6. The molecule has 2 amide bonds. The van der Waals surface area contributed by atoms with Crippen molar-refractivity contribution < 1.29 is 9.59 Å². The molecule has 0 bridgehead atoms. The molecular weight excluding hydrogens is 326 g/mol. The Kier molecular flexibility index (Phi) is 5.59. The van der Waals surface area contributed by atoms with Crippen molar-refractivity contribution in [3.63, 3.8) is 0 Å². The van der Waals surface area contributed by atoms with Crippen LogP contribution in [0.2, 0.25) is 0 Å². The monoisotopic (exact) mass is 347 g/mol. The molecule has 0 saturated carbocycles. The third-order valence-corrected chi connectivity index (χ3v) is 4.18. The molecule has 0 aliphatic carbocycles. The minimum Gasteiger partial charge on any atom is -0.338 e. The van der Waals surface area contributed by atoms with Crippen molar-refractivity contribution in [2.75, 3.05) is 11.9 Å².